The summed E-state index contributed by atoms with van der Waals surface area (Å²) < 4.78 is 5.27. The Bertz CT molecular complexity index is 655. The third-order valence-corrected chi connectivity index (χ3v) is 4.35. The van der Waals surface area contributed by atoms with Crippen LogP contribution in [0, 0.1) is 0 Å². The van der Waals surface area contributed by atoms with Gasteiger partial charge in [-0.05, 0) is 39.7 Å². The fourth-order valence-corrected chi connectivity index (χ4v) is 3.08. The lowest BCUT2D eigenvalue weighted by atomic mass is 9.93. The van der Waals surface area contributed by atoms with Crippen LogP contribution in [0.5, 0.6) is 0 Å². The van der Waals surface area contributed by atoms with Gasteiger partial charge in [0.05, 0.1) is 0 Å². The third-order valence-electron chi connectivity index (χ3n) is 4.35. The first kappa shape index (κ1) is 17.4. The van der Waals surface area contributed by atoms with Crippen molar-refractivity contribution in [2.24, 2.45) is 5.16 Å². The maximum atomic E-state index is 12.6. The van der Waals surface area contributed by atoms with E-state index in [-0.39, 0.29) is 18.0 Å². The van der Waals surface area contributed by atoms with Crippen molar-refractivity contribution in [3.05, 3.63) is 18.0 Å². The Morgan fingerprint density at radius 3 is 2.64 bits per heavy atom. The lowest BCUT2D eigenvalue weighted by molar-refractivity contribution is -0.146. The highest BCUT2D eigenvalue weighted by molar-refractivity contribution is 6.37. The lowest BCUT2D eigenvalue weighted by Crippen LogP contribution is -2.44. The molecule has 0 aliphatic carbocycles. The van der Waals surface area contributed by atoms with E-state index in [4.69, 9.17) is 9.57 Å². The van der Waals surface area contributed by atoms with Crippen LogP contribution in [0.15, 0.2) is 17.4 Å². The van der Waals surface area contributed by atoms with Gasteiger partial charge in [0.1, 0.15) is 5.60 Å². The number of nitrogens with zero attached hydrogens (tertiary/aromatic N) is 3. The van der Waals surface area contributed by atoms with Gasteiger partial charge in [0.2, 0.25) is 6.10 Å². The minimum absolute atomic E-state index is 0.120. The molecule has 1 aromatic heterocycles. The summed E-state index contributed by atoms with van der Waals surface area (Å²) in [6, 6.07) is 1.98. The molecule has 2 aliphatic heterocycles. The smallest absolute Gasteiger partial charge is 0.356 e. The Hall–Kier alpha value is -2.38. The van der Waals surface area contributed by atoms with Gasteiger partial charge in [-0.3, -0.25) is 9.89 Å². The minimum atomic E-state index is -0.730. The van der Waals surface area contributed by atoms with Crippen molar-refractivity contribution >= 4 is 17.6 Å². The third kappa shape index (κ3) is 4.18. The summed E-state index contributed by atoms with van der Waals surface area (Å²) in [7, 11) is 0. The van der Waals surface area contributed by atoms with Crippen LogP contribution in [0.3, 0.4) is 0 Å². The second kappa shape index (κ2) is 6.85. The molecule has 0 aromatic carbocycles. The number of likely N-dealkylation sites (tertiary alicyclic amines) is 1. The maximum Gasteiger partial charge on any atom is 0.356 e. The lowest BCUT2D eigenvalue weighted by Gasteiger charge is -2.32. The molecule has 25 heavy (non-hydrogen) atoms. The monoisotopic (exact) mass is 348 g/mol. The molecule has 3 rings (SSSR count). The number of amides is 1. The van der Waals surface area contributed by atoms with Gasteiger partial charge in [0, 0.05) is 37.3 Å². The molecule has 1 saturated heterocycles. The Labute approximate surface area is 146 Å². The van der Waals surface area contributed by atoms with Crippen LogP contribution in [0.25, 0.3) is 0 Å². The average molecular weight is 348 g/mol. The van der Waals surface area contributed by atoms with E-state index in [1.54, 1.807) is 31.9 Å². The van der Waals surface area contributed by atoms with Crippen molar-refractivity contribution in [1.29, 1.82) is 0 Å². The Balaban J connectivity index is 1.50. The number of rotatable bonds is 3. The van der Waals surface area contributed by atoms with Gasteiger partial charge in [-0.2, -0.15) is 5.10 Å². The second-order valence-corrected chi connectivity index (χ2v) is 7.45. The number of ether oxygens (including phenoxy) is 1. The number of hydrogen-bond acceptors (Lipinski definition) is 6. The number of piperidine rings is 1. The van der Waals surface area contributed by atoms with E-state index in [1.807, 2.05) is 6.07 Å². The van der Waals surface area contributed by atoms with E-state index in [2.05, 4.69) is 15.4 Å². The molecule has 8 nitrogen and oxygen atoms in total. The molecule has 136 valence electrons. The van der Waals surface area contributed by atoms with Crippen LogP contribution in [0.2, 0.25) is 0 Å². The number of H-pyrrole nitrogens is 1. The molecule has 8 heteroatoms. The van der Waals surface area contributed by atoms with Gasteiger partial charge < -0.3 is 14.5 Å². The molecule has 1 aromatic rings. The van der Waals surface area contributed by atoms with E-state index < -0.39 is 17.7 Å². The quantitative estimate of drug-likeness (QED) is 0.837. The minimum Gasteiger partial charge on any atom is -0.455 e. The van der Waals surface area contributed by atoms with Crippen LogP contribution in [-0.2, 0) is 19.2 Å². The first-order valence-electron chi connectivity index (χ1n) is 8.57. The van der Waals surface area contributed by atoms with Crippen molar-refractivity contribution in [3.63, 3.8) is 0 Å². The van der Waals surface area contributed by atoms with Crippen LogP contribution in [0.1, 0.15) is 51.6 Å². The summed E-state index contributed by atoms with van der Waals surface area (Å²) in [5.41, 5.74) is 0.677. The zero-order valence-corrected chi connectivity index (χ0v) is 14.8. The molecule has 0 radical (unpaired) electrons. The second-order valence-electron chi connectivity index (χ2n) is 7.45. The summed E-state index contributed by atoms with van der Waals surface area (Å²) in [6.07, 6.45) is 2.93. The first-order valence-corrected chi connectivity index (χ1v) is 8.57. The summed E-state index contributed by atoms with van der Waals surface area (Å²) in [6.45, 7) is 6.67. The van der Waals surface area contributed by atoms with E-state index in [1.165, 1.54) is 0 Å². The zero-order chi connectivity index (χ0) is 18.0. The number of nitrogens with one attached hydrogen (secondary N) is 1. The van der Waals surface area contributed by atoms with Crippen LogP contribution >= 0.6 is 0 Å². The highest BCUT2D eigenvalue weighted by Crippen LogP contribution is 2.27. The largest absolute Gasteiger partial charge is 0.455 e. The highest BCUT2D eigenvalue weighted by Gasteiger charge is 2.37. The molecule has 1 N–H and O–H groups in total. The van der Waals surface area contributed by atoms with Gasteiger partial charge in [0.25, 0.3) is 5.91 Å². The molecule has 0 spiro atoms. The number of carbonyl (C=O) groups excluding carboxylic acids is 2. The molecule has 0 saturated carbocycles. The summed E-state index contributed by atoms with van der Waals surface area (Å²) >= 11 is 0. The number of aromatic amines is 1. The maximum absolute atomic E-state index is 12.6. The van der Waals surface area contributed by atoms with E-state index in [0.29, 0.717) is 19.0 Å². The molecule has 0 bridgehead atoms. The summed E-state index contributed by atoms with van der Waals surface area (Å²) in [5.74, 6) is -0.254. The molecule has 3 heterocycles. The first-order chi connectivity index (χ1) is 11.8. The highest BCUT2D eigenvalue weighted by atomic mass is 16.7. The molecular formula is C17H24N4O4. The molecule has 0 unspecified atom stereocenters. The standard InChI is InChI=1S/C17H24N4O4/c1-17(2,3)24-16(23)13-10-14(25-20-13)15(22)21-8-5-11(6-9-21)12-4-7-18-19-12/h4,7,11,14H,5-6,8-10H2,1-3H3,(H,18,19)/t14-/m0/s1. The topological polar surface area (TPSA) is 96.9 Å². The summed E-state index contributed by atoms with van der Waals surface area (Å²) in [5, 5.41) is 10.7. The Morgan fingerprint density at radius 2 is 2.04 bits per heavy atom. The van der Waals surface area contributed by atoms with Crippen molar-refractivity contribution < 1.29 is 19.2 Å². The fraction of sp³-hybridized carbons (Fsp3) is 0.647. The van der Waals surface area contributed by atoms with Gasteiger partial charge in [-0.15, -0.1) is 0 Å². The number of oxime groups is 1. The van der Waals surface area contributed by atoms with E-state index in [0.717, 1.165) is 18.5 Å². The predicted octanol–water partition coefficient (Wildman–Crippen LogP) is 1.60. The van der Waals surface area contributed by atoms with Crippen molar-refractivity contribution in [2.45, 2.75) is 57.7 Å². The molecule has 1 fully saturated rings. The Morgan fingerprint density at radius 1 is 1.32 bits per heavy atom. The van der Waals surface area contributed by atoms with Crippen LogP contribution < -0.4 is 0 Å². The van der Waals surface area contributed by atoms with Crippen molar-refractivity contribution in [1.82, 2.24) is 15.1 Å². The SMILES string of the molecule is CC(C)(C)OC(=O)C1=NO[C@H](C(=O)N2CCC(c3ccn[nH]3)CC2)C1. The number of hydrogen-bond donors (Lipinski definition) is 1. The predicted molar refractivity (Wildman–Crippen MR) is 89.9 cm³/mol. The Kier molecular flexibility index (Phi) is 4.78. The van der Waals surface area contributed by atoms with Crippen molar-refractivity contribution in [2.75, 3.05) is 13.1 Å². The van der Waals surface area contributed by atoms with Crippen LogP contribution in [-0.4, -0.2) is 57.5 Å². The molecule has 2 aliphatic rings. The van der Waals surface area contributed by atoms with Gasteiger partial charge in [-0.25, -0.2) is 4.79 Å². The van der Waals surface area contributed by atoms with Crippen LogP contribution in [0.4, 0.5) is 0 Å². The molecule has 1 amide bonds. The van der Waals surface area contributed by atoms with Crippen molar-refractivity contribution in [3.8, 4) is 0 Å². The fourth-order valence-electron chi connectivity index (χ4n) is 3.08. The van der Waals surface area contributed by atoms with Gasteiger partial charge in [-0.1, -0.05) is 5.16 Å². The van der Waals surface area contributed by atoms with Gasteiger partial charge >= 0.3 is 5.97 Å². The zero-order valence-electron chi connectivity index (χ0n) is 14.8. The average Bonchev–Trinajstić information content (AvgIpc) is 3.24. The number of esters is 1. The molecule has 1 atom stereocenters. The van der Waals surface area contributed by atoms with E-state index in [9.17, 15) is 9.59 Å². The number of carbonyl (C=O) groups is 2. The number of aromatic nitrogens is 2. The summed E-state index contributed by atoms with van der Waals surface area (Å²) in [4.78, 5) is 31.6. The molecular weight excluding hydrogens is 324 g/mol. The van der Waals surface area contributed by atoms with Gasteiger partial charge in [0.15, 0.2) is 5.71 Å². The normalized spacial score (nSPS) is 21.6. The van der Waals surface area contributed by atoms with E-state index >= 15 is 0 Å².